The van der Waals surface area contributed by atoms with Gasteiger partial charge in [-0.25, -0.2) is 4.39 Å². The van der Waals surface area contributed by atoms with Crippen molar-refractivity contribution in [2.45, 2.75) is 51.4 Å². The lowest BCUT2D eigenvalue weighted by Crippen LogP contribution is -2.43. The number of ether oxygens (including phenoxy) is 1. The number of fused-ring (bicyclic) bond motifs is 4. The SMILES string of the molecule is CC1(C)CNC(c2ccccc2C(F)(F)F)c2c1ccc(COC1=NCC3(C)C(=C1)C[C@H]1[C@H](C(=O)O)[C@H]13)c2F. The molecule has 5 atom stereocenters. The van der Waals surface area contributed by atoms with Gasteiger partial charge in [0.1, 0.15) is 12.4 Å². The maximum absolute atomic E-state index is 16.2. The van der Waals surface area contributed by atoms with Crippen LogP contribution >= 0.6 is 0 Å². The Morgan fingerprint density at radius 3 is 2.64 bits per heavy atom. The molecule has 2 aromatic carbocycles. The van der Waals surface area contributed by atoms with Gasteiger partial charge in [-0.15, -0.1) is 0 Å². The number of hydrogen-bond donors (Lipinski definition) is 2. The molecule has 39 heavy (non-hydrogen) atoms. The largest absolute Gasteiger partial charge is 0.481 e. The molecule has 0 spiro atoms. The highest BCUT2D eigenvalue weighted by Crippen LogP contribution is 2.69. The summed E-state index contributed by atoms with van der Waals surface area (Å²) in [7, 11) is 0. The van der Waals surface area contributed by atoms with Crippen molar-refractivity contribution in [2.75, 3.05) is 13.1 Å². The fraction of sp³-hybridized carbons (Fsp3) is 0.467. The van der Waals surface area contributed by atoms with E-state index < -0.39 is 35.0 Å². The predicted octanol–water partition coefficient (Wildman–Crippen LogP) is 6.03. The highest BCUT2D eigenvalue weighted by Gasteiger charge is 2.68. The fourth-order valence-electron chi connectivity index (χ4n) is 7.09. The van der Waals surface area contributed by atoms with Gasteiger partial charge in [-0.2, -0.15) is 13.2 Å². The average Bonchev–Trinajstić information content (AvgIpc) is 3.53. The molecular formula is C30H30F4N2O3. The van der Waals surface area contributed by atoms with E-state index in [1.54, 1.807) is 12.1 Å². The van der Waals surface area contributed by atoms with Crippen molar-refractivity contribution in [3.63, 3.8) is 0 Å². The summed E-state index contributed by atoms with van der Waals surface area (Å²) in [6, 6.07) is 7.74. The number of rotatable bonds is 4. The van der Waals surface area contributed by atoms with Crippen LogP contribution in [0.15, 0.2) is 53.0 Å². The molecule has 2 heterocycles. The molecule has 0 amide bonds. The Balaban J connectivity index is 1.28. The van der Waals surface area contributed by atoms with E-state index in [0.29, 0.717) is 31.0 Å². The zero-order valence-corrected chi connectivity index (χ0v) is 21.9. The summed E-state index contributed by atoms with van der Waals surface area (Å²) in [6.45, 7) is 6.59. The Morgan fingerprint density at radius 2 is 1.92 bits per heavy atom. The first kappa shape index (κ1) is 26.0. The Morgan fingerprint density at radius 1 is 1.18 bits per heavy atom. The second-order valence-electron chi connectivity index (χ2n) is 12.1. The molecule has 5 nitrogen and oxygen atoms in total. The number of alkyl halides is 3. The molecule has 2 N–H and O–H groups in total. The van der Waals surface area contributed by atoms with Gasteiger partial charge in [0, 0.05) is 28.5 Å². The summed E-state index contributed by atoms with van der Waals surface area (Å²) in [5.41, 5.74) is 0.621. The van der Waals surface area contributed by atoms with Crippen LogP contribution in [0.5, 0.6) is 0 Å². The summed E-state index contributed by atoms with van der Waals surface area (Å²) >= 11 is 0. The zero-order valence-electron chi connectivity index (χ0n) is 21.9. The van der Waals surface area contributed by atoms with Crippen molar-refractivity contribution in [1.82, 2.24) is 5.32 Å². The van der Waals surface area contributed by atoms with Crippen LogP contribution in [0.3, 0.4) is 0 Å². The number of carboxylic acids is 1. The Labute approximate surface area is 224 Å². The molecule has 0 aromatic heterocycles. The molecule has 2 saturated carbocycles. The standard InChI is InChI=1S/C30H30F4N2O3/c1-28(2)13-36-26(17-6-4-5-7-19(17)30(32,33)34)23-20(28)9-8-15(25(23)31)12-39-21-11-16-10-18-22(27(37)38)24(18)29(16,3)14-35-21/h4-9,11,18,22,24,26,36H,10,12-14H2,1-3H3,(H,37,38)/t18-,22-,24-,26?,29?/m0/s1. The number of carbonyl (C=O) groups is 1. The van der Waals surface area contributed by atoms with Crippen molar-refractivity contribution in [3.8, 4) is 0 Å². The highest BCUT2D eigenvalue weighted by molar-refractivity contribution is 5.90. The van der Waals surface area contributed by atoms with Crippen molar-refractivity contribution < 1.29 is 32.2 Å². The van der Waals surface area contributed by atoms with E-state index >= 15 is 4.39 Å². The molecule has 4 aliphatic rings. The van der Waals surface area contributed by atoms with E-state index in [1.165, 1.54) is 18.2 Å². The van der Waals surface area contributed by atoms with E-state index in [4.69, 9.17) is 4.74 Å². The number of nitrogens with zero attached hydrogens (tertiary/aromatic N) is 1. The van der Waals surface area contributed by atoms with Crippen molar-refractivity contribution in [2.24, 2.45) is 28.2 Å². The molecule has 0 radical (unpaired) electrons. The fourth-order valence-corrected chi connectivity index (χ4v) is 7.09. The second-order valence-corrected chi connectivity index (χ2v) is 12.1. The summed E-state index contributed by atoms with van der Waals surface area (Å²) in [5, 5.41) is 12.6. The lowest BCUT2D eigenvalue weighted by Gasteiger charge is -2.39. The minimum absolute atomic E-state index is 0.0149. The number of benzene rings is 2. The summed E-state index contributed by atoms with van der Waals surface area (Å²) in [4.78, 5) is 16.0. The molecule has 206 valence electrons. The minimum atomic E-state index is -4.57. The van der Waals surface area contributed by atoms with Crippen LogP contribution in [0.2, 0.25) is 0 Å². The number of aliphatic imine (C=N–C) groups is 1. The third-order valence-corrected chi connectivity index (χ3v) is 9.22. The Hall–Kier alpha value is -3.20. The van der Waals surface area contributed by atoms with E-state index in [-0.39, 0.29) is 46.5 Å². The van der Waals surface area contributed by atoms with Crippen molar-refractivity contribution >= 4 is 11.9 Å². The summed E-state index contributed by atoms with van der Waals surface area (Å²) < 4.78 is 63.6. The first-order chi connectivity index (χ1) is 18.3. The van der Waals surface area contributed by atoms with Crippen LogP contribution in [0.4, 0.5) is 17.6 Å². The van der Waals surface area contributed by atoms with Gasteiger partial charge in [0.15, 0.2) is 0 Å². The third-order valence-electron chi connectivity index (χ3n) is 9.22. The number of dihydropyridines is 1. The molecule has 2 fully saturated rings. The van der Waals surface area contributed by atoms with E-state index in [9.17, 15) is 23.1 Å². The number of halogens is 4. The molecule has 9 heteroatoms. The molecule has 0 bridgehead atoms. The normalized spacial score (nSPS) is 30.4. The Kier molecular flexibility index (Phi) is 5.78. The highest BCUT2D eigenvalue weighted by atomic mass is 19.4. The molecule has 0 saturated heterocycles. The maximum atomic E-state index is 16.2. The van der Waals surface area contributed by atoms with Gasteiger partial charge < -0.3 is 15.2 Å². The van der Waals surface area contributed by atoms with Crippen LogP contribution < -0.4 is 5.32 Å². The van der Waals surface area contributed by atoms with Gasteiger partial charge in [-0.05, 0) is 41.5 Å². The minimum Gasteiger partial charge on any atom is -0.481 e. The van der Waals surface area contributed by atoms with Gasteiger partial charge >= 0.3 is 12.1 Å². The number of aliphatic carboxylic acids is 1. The monoisotopic (exact) mass is 542 g/mol. The zero-order chi connectivity index (χ0) is 27.9. The van der Waals surface area contributed by atoms with Crippen LogP contribution in [-0.4, -0.2) is 30.1 Å². The van der Waals surface area contributed by atoms with Crippen molar-refractivity contribution in [3.05, 3.63) is 81.7 Å². The second kappa shape index (κ2) is 8.65. The molecule has 2 aliphatic carbocycles. The van der Waals surface area contributed by atoms with Gasteiger partial charge in [-0.1, -0.05) is 56.7 Å². The maximum Gasteiger partial charge on any atom is 0.416 e. The number of carboxylic acid groups (broad SMARTS) is 1. The topological polar surface area (TPSA) is 70.9 Å². The number of nitrogens with one attached hydrogen (secondary N) is 1. The molecule has 2 aliphatic heterocycles. The first-order valence-electron chi connectivity index (χ1n) is 13.2. The molecular weight excluding hydrogens is 512 g/mol. The lowest BCUT2D eigenvalue weighted by atomic mass is 9.74. The van der Waals surface area contributed by atoms with Gasteiger partial charge in [0.05, 0.1) is 24.1 Å². The third kappa shape index (κ3) is 4.08. The van der Waals surface area contributed by atoms with Crippen LogP contribution in [0, 0.1) is 29.0 Å². The molecule has 2 unspecified atom stereocenters. The van der Waals surface area contributed by atoms with Crippen LogP contribution in [0.1, 0.15) is 61.1 Å². The van der Waals surface area contributed by atoms with Crippen LogP contribution in [-0.2, 0) is 27.7 Å². The number of hydrogen-bond acceptors (Lipinski definition) is 4. The summed E-state index contributed by atoms with van der Waals surface area (Å²) in [6.07, 6.45) is -2.04. The molecule has 2 aromatic rings. The predicted molar refractivity (Wildman–Crippen MR) is 137 cm³/mol. The molecule has 6 rings (SSSR count). The summed E-state index contributed by atoms with van der Waals surface area (Å²) in [5.74, 6) is -1.09. The van der Waals surface area contributed by atoms with Crippen molar-refractivity contribution in [1.29, 1.82) is 0 Å². The van der Waals surface area contributed by atoms with E-state index in [1.807, 2.05) is 26.8 Å². The van der Waals surface area contributed by atoms with E-state index in [0.717, 1.165) is 11.6 Å². The van der Waals surface area contributed by atoms with Gasteiger partial charge in [0.25, 0.3) is 0 Å². The quantitative estimate of drug-likeness (QED) is 0.463. The smallest absolute Gasteiger partial charge is 0.416 e. The first-order valence-corrected chi connectivity index (χ1v) is 13.2. The Bertz CT molecular complexity index is 1430. The van der Waals surface area contributed by atoms with Crippen LogP contribution in [0.25, 0.3) is 0 Å². The average molecular weight is 543 g/mol. The van der Waals surface area contributed by atoms with Gasteiger partial charge in [0.2, 0.25) is 5.90 Å². The lowest BCUT2D eigenvalue weighted by molar-refractivity contribution is -0.140. The van der Waals surface area contributed by atoms with Gasteiger partial charge in [-0.3, -0.25) is 9.79 Å². The van der Waals surface area contributed by atoms with E-state index in [2.05, 4.69) is 10.3 Å².